The van der Waals surface area contributed by atoms with Gasteiger partial charge in [-0.15, -0.1) is 10.2 Å². The Kier molecular flexibility index (Phi) is 8.93. The van der Waals surface area contributed by atoms with Crippen molar-refractivity contribution < 1.29 is 9.47 Å². The number of aromatic nitrogens is 2. The summed E-state index contributed by atoms with van der Waals surface area (Å²) in [6.45, 7) is 6.14. The van der Waals surface area contributed by atoms with Crippen molar-refractivity contribution in [2.75, 3.05) is 33.4 Å². The van der Waals surface area contributed by atoms with Gasteiger partial charge in [0, 0.05) is 26.7 Å². The van der Waals surface area contributed by atoms with Crippen LogP contribution in [-0.2, 0) is 22.5 Å². The van der Waals surface area contributed by atoms with Crippen LogP contribution in [0.25, 0.3) is 0 Å². The molecule has 0 aliphatic carbocycles. The number of nitrogens with zero attached hydrogens (tertiary/aromatic N) is 2. The molecule has 1 N–H and O–H groups in total. The fourth-order valence-corrected chi connectivity index (χ4v) is 2.24. The number of nitrogens with one attached hydrogen (secondary N) is 1. The molecule has 18 heavy (non-hydrogen) atoms. The fraction of sp³-hybridized carbons (Fsp3) is 0.833. The van der Waals surface area contributed by atoms with Crippen LogP contribution in [0.3, 0.4) is 0 Å². The molecule has 0 aromatic carbocycles. The van der Waals surface area contributed by atoms with E-state index in [1.54, 1.807) is 18.4 Å². The highest BCUT2D eigenvalue weighted by Crippen LogP contribution is 2.12. The third-order valence-corrected chi connectivity index (χ3v) is 3.27. The monoisotopic (exact) mass is 273 g/mol. The number of aryl methyl sites for hydroxylation is 1. The Bertz CT molecular complexity index is 307. The van der Waals surface area contributed by atoms with Crippen molar-refractivity contribution in [1.29, 1.82) is 0 Å². The predicted molar refractivity (Wildman–Crippen MR) is 72.9 cm³/mol. The molecule has 0 amide bonds. The van der Waals surface area contributed by atoms with Crippen LogP contribution >= 0.6 is 11.3 Å². The molecule has 5 nitrogen and oxygen atoms in total. The van der Waals surface area contributed by atoms with Gasteiger partial charge in [0.05, 0.1) is 6.61 Å². The molecule has 0 saturated heterocycles. The molecule has 0 saturated carbocycles. The summed E-state index contributed by atoms with van der Waals surface area (Å²) in [5.41, 5.74) is 0. The Morgan fingerprint density at radius 2 is 2.00 bits per heavy atom. The summed E-state index contributed by atoms with van der Waals surface area (Å²) in [5.74, 6) is 0. The smallest absolute Gasteiger partial charge is 0.143 e. The lowest BCUT2D eigenvalue weighted by Gasteiger charge is -2.01. The van der Waals surface area contributed by atoms with Crippen LogP contribution in [0.5, 0.6) is 0 Å². The Hall–Kier alpha value is -0.560. The molecular weight excluding hydrogens is 250 g/mol. The summed E-state index contributed by atoms with van der Waals surface area (Å²) < 4.78 is 10.4. The van der Waals surface area contributed by atoms with Crippen molar-refractivity contribution in [3.63, 3.8) is 0 Å². The highest BCUT2D eigenvalue weighted by Gasteiger charge is 2.03. The summed E-state index contributed by atoms with van der Waals surface area (Å²) >= 11 is 1.65. The second kappa shape index (κ2) is 10.4. The van der Waals surface area contributed by atoms with Gasteiger partial charge in [0.15, 0.2) is 0 Å². The van der Waals surface area contributed by atoms with Crippen LogP contribution in [0.2, 0.25) is 0 Å². The molecule has 1 rings (SSSR count). The third kappa shape index (κ3) is 7.00. The van der Waals surface area contributed by atoms with Crippen LogP contribution in [-0.4, -0.2) is 43.6 Å². The summed E-state index contributed by atoms with van der Waals surface area (Å²) in [6, 6.07) is 0. The zero-order valence-corrected chi connectivity index (χ0v) is 12.1. The van der Waals surface area contributed by atoms with Crippen LogP contribution in [0.4, 0.5) is 0 Å². The van der Waals surface area contributed by atoms with Gasteiger partial charge >= 0.3 is 0 Å². The van der Waals surface area contributed by atoms with Gasteiger partial charge in [-0.05, 0) is 19.4 Å². The molecule has 0 atom stereocenters. The van der Waals surface area contributed by atoms with E-state index in [1.807, 2.05) is 0 Å². The van der Waals surface area contributed by atoms with Gasteiger partial charge in [0.1, 0.15) is 16.6 Å². The fourth-order valence-electron chi connectivity index (χ4n) is 1.42. The van der Waals surface area contributed by atoms with Gasteiger partial charge < -0.3 is 14.8 Å². The lowest BCUT2D eigenvalue weighted by molar-refractivity contribution is 0.121. The first-order chi connectivity index (χ1) is 8.86. The minimum atomic E-state index is 0.595. The molecule has 104 valence electrons. The molecular formula is C12H23N3O2S. The van der Waals surface area contributed by atoms with E-state index in [4.69, 9.17) is 9.47 Å². The first-order valence-corrected chi connectivity index (χ1v) is 7.27. The van der Waals surface area contributed by atoms with Crippen LogP contribution in [0.1, 0.15) is 29.8 Å². The average molecular weight is 273 g/mol. The summed E-state index contributed by atoms with van der Waals surface area (Å²) in [4.78, 5) is 0. The van der Waals surface area contributed by atoms with Crippen molar-refractivity contribution >= 4 is 11.3 Å². The first kappa shape index (κ1) is 15.5. The van der Waals surface area contributed by atoms with Gasteiger partial charge in [-0.3, -0.25) is 0 Å². The summed E-state index contributed by atoms with van der Waals surface area (Å²) in [6.07, 6.45) is 3.10. The number of rotatable bonds is 11. The van der Waals surface area contributed by atoms with E-state index in [0.29, 0.717) is 6.61 Å². The lowest BCUT2D eigenvalue weighted by Crippen LogP contribution is -2.20. The molecule has 1 aromatic heterocycles. The molecule has 1 heterocycles. The molecule has 0 spiro atoms. The Balaban J connectivity index is 2.07. The van der Waals surface area contributed by atoms with Crippen molar-refractivity contribution in [3.05, 3.63) is 10.0 Å². The van der Waals surface area contributed by atoms with E-state index < -0.39 is 0 Å². The summed E-state index contributed by atoms with van der Waals surface area (Å²) in [5, 5.41) is 13.7. The topological polar surface area (TPSA) is 56.3 Å². The molecule has 6 heteroatoms. The maximum absolute atomic E-state index is 5.43. The number of methoxy groups -OCH3 is 1. The minimum absolute atomic E-state index is 0.595. The zero-order valence-electron chi connectivity index (χ0n) is 11.3. The highest BCUT2D eigenvalue weighted by molar-refractivity contribution is 7.11. The van der Waals surface area contributed by atoms with Gasteiger partial charge in [-0.1, -0.05) is 18.3 Å². The normalized spacial score (nSPS) is 11.0. The van der Waals surface area contributed by atoms with E-state index in [0.717, 1.165) is 55.6 Å². The summed E-state index contributed by atoms with van der Waals surface area (Å²) in [7, 11) is 1.71. The van der Waals surface area contributed by atoms with Gasteiger partial charge in [-0.25, -0.2) is 0 Å². The zero-order chi connectivity index (χ0) is 13.1. The van der Waals surface area contributed by atoms with E-state index >= 15 is 0 Å². The largest absolute Gasteiger partial charge is 0.383 e. The van der Waals surface area contributed by atoms with E-state index in [2.05, 4.69) is 22.4 Å². The SMILES string of the molecule is CCCOCc1nnc(CCCNCCOC)s1. The van der Waals surface area contributed by atoms with Crippen molar-refractivity contribution in [1.82, 2.24) is 15.5 Å². The van der Waals surface area contributed by atoms with Gasteiger partial charge in [0.25, 0.3) is 0 Å². The van der Waals surface area contributed by atoms with Crippen LogP contribution < -0.4 is 5.32 Å². The van der Waals surface area contributed by atoms with Crippen LogP contribution in [0.15, 0.2) is 0 Å². The molecule has 0 bridgehead atoms. The molecule has 1 aromatic rings. The van der Waals surface area contributed by atoms with E-state index in [1.165, 1.54) is 0 Å². The molecule has 0 aliphatic rings. The highest BCUT2D eigenvalue weighted by atomic mass is 32.1. The average Bonchev–Trinajstić information content (AvgIpc) is 2.82. The van der Waals surface area contributed by atoms with Crippen molar-refractivity contribution in [2.45, 2.75) is 32.8 Å². The second-order valence-corrected chi connectivity index (χ2v) is 5.14. The minimum Gasteiger partial charge on any atom is -0.383 e. The van der Waals surface area contributed by atoms with Crippen molar-refractivity contribution in [2.24, 2.45) is 0 Å². The number of hydrogen-bond acceptors (Lipinski definition) is 6. The van der Waals surface area contributed by atoms with Crippen molar-refractivity contribution in [3.8, 4) is 0 Å². The predicted octanol–water partition coefficient (Wildman–Crippen LogP) is 1.63. The maximum Gasteiger partial charge on any atom is 0.143 e. The molecule has 0 aliphatic heterocycles. The quantitative estimate of drug-likeness (QED) is 0.621. The van der Waals surface area contributed by atoms with Gasteiger partial charge in [-0.2, -0.15) is 0 Å². The van der Waals surface area contributed by atoms with Crippen LogP contribution in [0, 0.1) is 0 Å². The first-order valence-electron chi connectivity index (χ1n) is 6.45. The Morgan fingerprint density at radius 1 is 1.17 bits per heavy atom. The molecule has 0 fully saturated rings. The Labute approximate surface area is 113 Å². The van der Waals surface area contributed by atoms with Gasteiger partial charge in [0.2, 0.25) is 0 Å². The van der Waals surface area contributed by atoms with E-state index in [-0.39, 0.29) is 0 Å². The number of ether oxygens (including phenoxy) is 2. The third-order valence-electron chi connectivity index (χ3n) is 2.31. The number of hydrogen-bond donors (Lipinski definition) is 1. The Morgan fingerprint density at radius 3 is 2.78 bits per heavy atom. The standard InChI is InChI=1S/C12H23N3O2S/c1-3-8-17-10-12-15-14-11(18-12)5-4-6-13-7-9-16-2/h13H,3-10H2,1-2H3. The molecule has 0 radical (unpaired) electrons. The second-order valence-electron chi connectivity index (χ2n) is 3.99. The lowest BCUT2D eigenvalue weighted by atomic mass is 10.3. The van der Waals surface area contributed by atoms with E-state index in [9.17, 15) is 0 Å². The molecule has 0 unspecified atom stereocenters. The maximum atomic E-state index is 5.43.